The summed E-state index contributed by atoms with van der Waals surface area (Å²) >= 11 is 1.96. The minimum absolute atomic E-state index is 0. The molecule has 1 saturated heterocycles. The molecule has 0 amide bonds. The molecule has 3 fully saturated rings. The van der Waals surface area contributed by atoms with E-state index in [1.807, 2.05) is 43.9 Å². The van der Waals surface area contributed by atoms with Crippen molar-refractivity contribution in [3.05, 3.63) is 98.4 Å². The van der Waals surface area contributed by atoms with Gasteiger partial charge < -0.3 is 5.32 Å². The van der Waals surface area contributed by atoms with Gasteiger partial charge in [0.25, 0.3) is 0 Å². The van der Waals surface area contributed by atoms with Crippen LogP contribution in [0.25, 0.3) is 0 Å². The maximum absolute atomic E-state index is 3.62. The molecule has 112 valence electrons. The summed E-state index contributed by atoms with van der Waals surface area (Å²) in [5.41, 5.74) is 1.39. The van der Waals surface area contributed by atoms with Crippen LogP contribution in [0.1, 0.15) is 11.6 Å². The van der Waals surface area contributed by atoms with E-state index in [-0.39, 0.29) is 17.1 Å². The number of nitrogens with one attached hydrogen (secondary N) is 1. The van der Waals surface area contributed by atoms with E-state index in [4.69, 9.17) is 0 Å². The van der Waals surface area contributed by atoms with Crippen molar-refractivity contribution >= 4 is 11.8 Å². The van der Waals surface area contributed by atoms with Crippen molar-refractivity contribution in [2.75, 3.05) is 12.3 Å². The fraction of sp³-hybridized carbons (Fsp3) is 0.158. The first kappa shape index (κ1) is 18.4. The largest absolute Gasteiger partial charge is 2.00 e. The molecule has 3 aliphatic rings. The van der Waals surface area contributed by atoms with Crippen LogP contribution in [0.5, 0.6) is 0 Å². The van der Waals surface area contributed by atoms with Crippen LogP contribution in [0.3, 0.4) is 0 Å². The SMILES string of the molecule is [CH]1[CH][CH][CH][CH]1.[CH]1[CH][C]2CN[C@@H](c3ccccc3)CS[C]2[CH]1.[Fe+2]. The van der Waals surface area contributed by atoms with Crippen molar-refractivity contribution in [3.63, 3.8) is 0 Å². The molecular weight excluding hydrogens is 330 g/mol. The summed E-state index contributed by atoms with van der Waals surface area (Å²) in [6.07, 6.45) is 16.6. The standard InChI is InChI=1S/C14H14NS.C5H5.Fe/c1-2-5-11(6-3-1)13-10-16-14-8-4-7-12(14)9-15-13;1-2-4-5-3-1;/h1-8,13,15H,9-10H2;1-5H;/q;;+2/t13-;;/m1../s1. The Morgan fingerprint density at radius 1 is 0.864 bits per heavy atom. The first-order valence-electron chi connectivity index (χ1n) is 7.26. The van der Waals surface area contributed by atoms with Crippen LogP contribution in [-0.4, -0.2) is 12.3 Å². The summed E-state index contributed by atoms with van der Waals surface area (Å²) in [6, 6.07) is 11.2. The van der Waals surface area contributed by atoms with Gasteiger partial charge in [-0.25, -0.2) is 0 Å². The number of hydrogen-bond acceptors (Lipinski definition) is 2. The van der Waals surface area contributed by atoms with Crippen molar-refractivity contribution in [3.8, 4) is 0 Å². The predicted molar refractivity (Wildman–Crippen MR) is 90.5 cm³/mol. The van der Waals surface area contributed by atoms with Crippen LogP contribution in [0, 0.1) is 62.5 Å². The number of fused-ring (bicyclic) bond motifs is 1. The van der Waals surface area contributed by atoms with E-state index in [0.717, 1.165) is 12.3 Å². The van der Waals surface area contributed by atoms with Gasteiger partial charge in [0.05, 0.1) is 0 Å². The molecule has 2 saturated carbocycles. The van der Waals surface area contributed by atoms with E-state index in [1.54, 1.807) is 0 Å². The monoisotopic (exact) mass is 349 g/mol. The molecule has 1 aromatic carbocycles. The average molecular weight is 349 g/mol. The van der Waals surface area contributed by atoms with E-state index in [1.165, 1.54) is 16.7 Å². The molecule has 1 N–H and O–H groups in total. The molecule has 1 nitrogen and oxygen atoms in total. The van der Waals surface area contributed by atoms with Crippen LogP contribution in [0.15, 0.2) is 30.3 Å². The molecule has 1 aromatic rings. The summed E-state index contributed by atoms with van der Waals surface area (Å²) in [7, 11) is 0. The van der Waals surface area contributed by atoms with Crippen molar-refractivity contribution in [1.29, 1.82) is 0 Å². The van der Waals surface area contributed by atoms with Gasteiger partial charge in [0.2, 0.25) is 0 Å². The second kappa shape index (κ2) is 10.0. The van der Waals surface area contributed by atoms with Crippen LogP contribution in [0.2, 0.25) is 0 Å². The Balaban J connectivity index is 0.000000253. The molecule has 0 bridgehead atoms. The molecule has 0 unspecified atom stereocenters. The van der Waals surface area contributed by atoms with Crippen molar-refractivity contribution in [1.82, 2.24) is 5.32 Å². The third kappa shape index (κ3) is 5.30. The number of thioether (sulfide) groups is 1. The van der Waals surface area contributed by atoms with Crippen molar-refractivity contribution in [2.45, 2.75) is 6.04 Å². The topological polar surface area (TPSA) is 12.0 Å². The molecule has 2 aliphatic carbocycles. The third-order valence-corrected chi connectivity index (χ3v) is 4.77. The number of rotatable bonds is 1. The van der Waals surface area contributed by atoms with Crippen LogP contribution in [0.4, 0.5) is 0 Å². The van der Waals surface area contributed by atoms with Gasteiger partial charge in [0.15, 0.2) is 0 Å². The molecule has 4 rings (SSSR count). The molecule has 10 radical (unpaired) electrons. The van der Waals surface area contributed by atoms with Crippen LogP contribution >= 0.6 is 11.8 Å². The van der Waals surface area contributed by atoms with Crippen molar-refractivity contribution in [2.24, 2.45) is 0 Å². The summed E-state index contributed by atoms with van der Waals surface area (Å²) in [4.78, 5) is 0. The zero-order chi connectivity index (χ0) is 14.3. The van der Waals surface area contributed by atoms with Gasteiger partial charge in [0.1, 0.15) is 0 Å². The number of benzene rings is 1. The maximum atomic E-state index is 3.62. The van der Waals surface area contributed by atoms with E-state index < -0.39 is 0 Å². The van der Waals surface area contributed by atoms with Gasteiger partial charge in [-0.3, -0.25) is 0 Å². The Hall–Kier alpha value is 0.0495. The van der Waals surface area contributed by atoms with E-state index >= 15 is 0 Å². The summed E-state index contributed by atoms with van der Waals surface area (Å²) in [5.74, 6) is 2.55. The second-order valence-corrected chi connectivity index (χ2v) is 6.09. The van der Waals surface area contributed by atoms with Crippen molar-refractivity contribution < 1.29 is 17.1 Å². The summed E-state index contributed by atoms with van der Waals surface area (Å²) in [6.45, 7) is 0.981. The van der Waals surface area contributed by atoms with Gasteiger partial charge >= 0.3 is 17.1 Å². The summed E-state index contributed by atoms with van der Waals surface area (Å²) in [5, 5.41) is 5.06. The quantitative estimate of drug-likeness (QED) is 0.774. The smallest absolute Gasteiger partial charge is 0.309 e. The number of hydrogen-bond donors (Lipinski definition) is 1. The van der Waals surface area contributed by atoms with Gasteiger partial charge in [0, 0.05) is 29.5 Å². The molecule has 22 heavy (non-hydrogen) atoms. The Kier molecular flexibility index (Phi) is 8.38. The normalized spacial score (nSPS) is 25.5. The first-order chi connectivity index (χ1) is 10.4. The minimum Gasteiger partial charge on any atom is -0.309 e. The van der Waals surface area contributed by atoms with Crippen LogP contribution in [-0.2, 0) is 17.1 Å². The van der Waals surface area contributed by atoms with Gasteiger partial charge in [-0.2, -0.15) is 11.8 Å². The van der Waals surface area contributed by atoms with Gasteiger partial charge in [-0.1, -0.05) is 30.3 Å². The van der Waals surface area contributed by atoms with Gasteiger partial charge in [-0.15, -0.1) is 0 Å². The first-order valence-corrected chi connectivity index (χ1v) is 8.24. The Bertz CT molecular complexity index is 386. The predicted octanol–water partition coefficient (Wildman–Crippen LogP) is 3.82. The molecule has 1 heterocycles. The molecular formula is C19H19FeNS+2. The third-order valence-electron chi connectivity index (χ3n) is 3.56. The van der Waals surface area contributed by atoms with E-state index in [0.29, 0.717) is 6.04 Å². The Morgan fingerprint density at radius 2 is 1.55 bits per heavy atom. The Labute approximate surface area is 150 Å². The zero-order valence-corrected chi connectivity index (χ0v) is 14.2. The zero-order valence-electron chi connectivity index (χ0n) is 12.3. The average Bonchev–Trinajstić information content (AvgIpc) is 3.21. The fourth-order valence-corrected chi connectivity index (χ4v) is 3.57. The molecule has 3 heteroatoms. The molecule has 1 aliphatic heterocycles. The maximum Gasteiger partial charge on any atom is 2.00 e. The summed E-state index contributed by atoms with van der Waals surface area (Å²) < 4.78 is 0. The van der Waals surface area contributed by atoms with Crippen LogP contribution < -0.4 is 5.32 Å². The molecule has 0 spiro atoms. The molecule has 0 aromatic heterocycles. The molecule has 1 atom stereocenters. The fourth-order valence-electron chi connectivity index (χ4n) is 2.41. The Morgan fingerprint density at radius 3 is 2.23 bits per heavy atom. The second-order valence-electron chi connectivity index (χ2n) is 5.03. The van der Waals surface area contributed by atoms with Gasteiger partial charge in [-0.05, 0) is 56.9 Å². The minimum atomic E-state index is 0. The van der Waals surface area contributed by atoms with E-state index in [9.17, 15) is 0 Å². The van der Waals surface area contributed by atoms with E-state index in [2.05, 4.69) is 54.9 Å².